The van der Waals surface area contributed by atoms with Crippen molar-refractivity contribution in [1.29, 1.82) is 0 Å². The molecule has 1 N–H and O–H groups in total. The van der Waals surface area contributed by atoms with Gasteiger partial charge in [-0.1, -0.05) is 0 Å². The summed E-state index contributed by atoms with van der Waals surface area (Å²) in [6.45, 7) is 0. The molecule has 0 bridgehead atoms. The molecule has 4 heavy (non-hydrogen) atoms. The molecule has 0 aliphatic heterocycles. The second-order valence-corrected chi connectivity index (χ2v) is 0.456. The van der Waals surface area contributed by atoms with Crippen molar-refractivity contribution in [3.8, 4) is 0 Å². The van der Waals surface area contributed by atoms with Crippen LogP contribution in [0.1, 0.15) is 0 Å². The van der Waals surface area contributed by atoms with Gasteiger partial charge in [-0.25, -0.2) is 0 Å². The van der Waals surface area contributed by atoms with Gasteiger partial charge in [0.05, 0.1) is 0 Å². The Hall–Kier alpha value is 0.275. The summed E-state index contributed by atoms with van der Waals surface area (Å²) in [5.74, 6) is 0. The van der Waals surface area contributed by atoms with E-state index in [2.05, 4.69) is 16.1 Å². The lowest BCUT2D eigenvalue weighted by molar-refractivity contribution is 0.479. The molecule has 0 saturated heterocycles. The Morgan fingerprint density at radius 3 is 2.25 bits per heavy atom. The Bertz CT molecular complexity index is 8.00. The molecule has 0 fully saturated rings. The number of rotatable bonds is 1. The second kappa shape index (κ2) is 3.27. The molecule has 0 amide bonds. The molecule has 0 aromatic carbocycles. The van der Waals surface area contributed by atoms with Crippen LogP contribution in [0, 0.1) is 0 Å². The topological polar surface area (TPSA) is 29.5 Å². The average molecular weight is 80.3 g/mol. The third-order valence-electron chi connectivity index (χ3n) is 0.0488. The van der Waals surface area contributed by atoms with Crippen LogP contribution >= 0.6 is 11.9 Å². The van der Waals surface area contributed by atoms with E-state index in [0.29, 0.717) is 0 Å². The average Bonchev–Trinajstić information content (AvgIpc) is 1.37. The summed E-state index contributed by atoms with van der Waals surface area (Å²) in [5, 5.41) is 7.52. The largest absolute Gasteiger partial charge is 0.454 e. The van der Waals surface area contributed by atoms with E-state index in [0.717, 1.165) is 0 Å². The zero-order valence-electron chi connectivity index (χ0n) is 1.94. The summed E-state index contributed by atoms with van der Waals surface area (Å²) in [6, 6.07) is 0. The fourth-order valence-electron chi connectivity index (χ4n) is 0. The molecule has 0 saturated carbocycles. The van der Waals surface area contributed by atoms with Gasteiger partial charge in [-0.15, -0.1) is 0 Å². The summed E-state index contributed by atoms with van der Waals surface area (Å²) in [4.78, 5) is 0. The van der Waals surface area contributed by atoms with Gasteiger partial charge in [0.1, 0.15) is 0 Å². The van der Waals surface area contributed by atoms with Gasteiger partial charge in [0.2, 0.25) is 0 Å². The van der Waals surface area contributed by atoms with Crippen LogP contribution in [0.2, 0.25) is 0 Å². The number of hydrogen-bond donors (Lipinski definition) is 1. The van der Waals surface area contributed by atoms with E-state index < -0.39 is 7.69 Å². The first-order valence-corrected chi connectivity index (χ1v) is 1.07. The van der Waals surface area contributed by atoms with Crippen LogP contribution in [0.3, 0.4) is 0 Å². The second-order valence-electron chi connectivity index (χ2n) is 0.238. The minimum atomic E-state index is -0.415. The van der Waals surface area contributed by atoms with Crippen molar-refractivity contribution in [1.82, 2.24) is 0 Å². The zero-order valence-corrected chi connectivity index (χ0v) is 2.70. The summed E-state index contributed by atoms with van der Waals surface area (Å²) < 4.78 is 3.57. The Morgan fingerprint density at radius 2 is 2.25 bits per heavy atom. The zero-order chi connectivity index (χ0) is 3.41. The minimum Gasteiger partial charge on any atom is -0.429 e. The molecule has 0 aromatic heterocycles. The lowest BCUT2D eigenvalue weighted by Crippen LogP contribution is -1.80. The highest BCUT2D eigenvalue weighted by Gasteiger charge is 1.67. The monoisotopic (exact) mass is 80.0 g/mol. The first kappa shape index (κ1) is 4.27. The quantitative estimate of drug-likeness (QED) is 0.427. The van der Waals surface area contributed by atoms with Crippen LogP contribution in [0.15, 0.2) is 0 Å². The van der Waals surface area contributed by atoms with E-state index in [1.165, 1.54) is 0 Å². The third-order valence-corrected chi connectivity index (χ3v) is 0.146. The Balaban J connectivity index is 1.97. The van der Waals surface area contributed by atoms with Gasteiger partial charge >= 0.3 is 7.69 Å². The molecule has 0 radical (unpaired) electrons. The molecule has 2 nitrogen and oxygen atoms in total. The normalized spacial score (nSPS) is 6.50. The van der Waals surface area contributed by atoms with E-state index in [1.807, 2.05) is 0 Å². The third kappa shape index (κ3) is 2.27. The molecule has 24 valence electrons. The van der Waals surface area contributed by atoms with Gasteiger partial charge in [0, 0.05) is 11.9 Å². The predicted octanol–water partition coefficient (Wildman–Crippen LogP) is -0.584. The summed E-state index contributed by atoms with van der Waals surface area (Å²) in [5.41, 5.74) is 0. The lowest BCUT2D eigenvalue weighted by atomic mass is 10.5. The van der Waals surface area contributed by atoms with Crippen LogP contribution in [0.5, 0.6) is 0 Å². The van der Waals surface area contributed by atoms with Gasteiger partial charge in [-0.3, -0.25) is 0 Å². The van der Waals surface area contributed by atoms with Gasteiger partial charge in [-0.05, 0) is 0 Å². The van der Waals surface area contributed by atoms with Crippen LogP contribution in [-0.4, -0.2) is 12.7 Å². The maximum Gasteiger partial charge on any atom is 0.454 e. The molecule has 0 aliphatic carbocycles. The fourth-order valence-corrected chi connectivity index (χ4v) is 0. The number of halogens is 1. The fraction of sp³-hybridized carbons (Fsp3) is 0. The van der Waals surface area contributed by atoms with Crippen LogP contribution in [-0.2, 0) is 4.21 Å². The standard InChI is InChI=1S/BClH2O2/c2-4-1-3/h1,3H. The van der Waals surface area contributed by atoms with Gasteiger partial charge in [0.15, 0.2) is 0 Å². The summed E-state index contributed by atoms with van der Waals surface area (Å²) in [6.07, 6.45) is 0. The Labute approximate surface area is 29.8 Å². The lowest BCUT2D eigenvalue weighted by Gasteiger charge is -1.66. The molecular weight excluding hydrogens is 78.3 g/mol. The Kier molecular flexibility index (Phi) is 3.50. The highest BCUT2D eigenvalue weighted by molar-refractivity contribution is 6.29. The summed E-state index contributed by atoms with van der Waals surface area (Å²) >= 11 is 4.44. The van der Waals surface area contributed by atoms with E-state index >= 15 is 0 Å². The van der Waals surface area contributed by atoms with Crippen molar-refractivity contribution in [2.24, 2.45) is 0 Å². The highest BCUT2D eigenvalue weighted by atomic mass is 35.5. The maximum absolute atomic E-state index is 7.52. The van der Waals surface area contributed by atoms with Crippen molar-refractivity contribution in [2.45, 2.75) is 0 Å². The molecular formula is H2BClO2. The van der Waals surface area contributed by atoms with Crippen molar-refractivity contribution in [2.75, 3.05) is 0 Å². The molecule has 0 aromatic rings. The van der Waals surface area contributed by atoms with E-state index in [4.69, 9.17) is 5.02 Å². The molecule has 0 atom stereocenters. The first-order valence-electron chi connectivity index (χ1n) is 0.759. The van der Waals surface area contributed by atoms with Gasteiger partial charge in [-0.2, -0.15) is 0 Å². The van der Waals surface area contributed by atoms with Gasteiger partial charge in [0.25, 0.3) is 0 Å². The molecule has 0 unspecified atom stereocenters. The SMILES string of the molecule is OBOCl. The van der Waals surface area contributed by atoms with Crippen LogP contribution in [0.4, 0.5) is 0 Å². The molecule has 0 spiro atoms. The first-order chi connectivity index (χ1) is 1.91. The highest BCUT2D eigenvalue weighted by Crippen LogP contribution is 1.64. The van der Waals surface area contributed by atoms with Crippen molar-refractivity contribution < 1.29 is 9.23 Å². The molecule has 0 heterocycles. The predicted molar refractivity (Wildman–Crippen MR) is 16.3 cm³/mol. The van der Waals surface area contributed by atoms with E-state index in [-0.39, 0.29) is 0 Å². The van der Waals surface area contributed by atoms with E-state index in [9.17, 15) is 0 Å². The van der Waals surface area contributed by atoms with Gasteiger partial charge < -0.3 is 9.23 Å². The molecule has 0 rings (SSSR count). The molecule has 4 heteroatoms. The minimum absolute atomic E-state index is 0.415. The summed E-state index contributed by atoms with van der Waals surface area (Å²) in [7, 11) is -0.415. The smallest absolute Gasteiger partial charge is 0.429 e. The Morgan fingerprint density at radius 1 is 2.00 bits per heavy atom. The van der Waals surface area contributed by atoms with Crippen molar-refractivity contribution in [3.63, 3.8) is 0 Å². The van der Waals surface area contributed by atoms with Crippen molar-refractivity contribution >= 4 is 19.6 Å². The van der Waals surface area contributed by atoms with Crippen LogP contribution < -0.4 is 0 Å². The van der Waals surface area contributed by atoms with E-state index in [1.54, 1.807) is 0 Å². The van der Waals surface area contributed by atoms with Crippen LogP contribution in [0.25, 0.3) is 0 Å². The molecule has 0 aliphatic rings. The van der Waals surface area contributed by atoms with Crippen molar-refractivity contribution in [3.05, 3.63) is 0 Å². The number of hydrogen-bond acceptors (Lipinski definition) is 2. The maximum atomic E-state index is 7.52.